The van der Waals surface area contributed by atoms with Gasteiger partial charge in [-0.2, -0.15) is 0 Å². The van der Waals surface area contributed by atoms with Crippen LogP contribution in [0.1, 0.15) is 19.3 Å². The molecule has 0 aliphatic carbocycles. The van der Waals surface area contributed by atoms with Gasteiger partial charge >= 0.3 is 11.9 Å². The first kappa shape index (κ1) is 11.3. The van der Waals surface area contributed by atoms with Gasteiger partial charge in [-0.1, -0.05) is 0 Å². The summed E-state index contributed by atoms with van der Waals surface area (Å²) in [6.07, 6.45) is 2.95. The summed E-state index contributed by atoms with van der Waals surface area (Å²) in [7, 11) is 0. The Hall–Kier alpha value is -1.14. The van der Waals surface area contributed by atoms with Crippen molar-refractivity contribution < 1.29 is 24.3 Å². The number of nitrogens with zero attached hydrogens (tertiary/aromatic N) is 1. The van der Waals surface area contributed by atoms with E-state index in [1.165, 1.54) is 5.06 Å². The standard InChI is InChI=1S/C10H15NO5/c12-8(13)9(14)16-11-4-3-10(6-11)2-1-5-15-7-10/h1-7H2,(H,12,13)/t10-/m1/s1. The van der Waals surface area contributed by atoms with Crippen molar-refractivity contribution in [1.82, 2.24) is 5.06 Å². The number of ether oxygens (including phenoxy) is 1. The summed E-state index contributed by atoms with van der Waals surface area (Å²) in [6, 6.07) is 0. The first-order valence-electron chi connectivity index (χ1n) is 5.39. The Kier molecular flexibility index (Phi) is 3.11. The lowest BCUT2D eigenvalue weighted by atomic mass is 9.82. The van der Waals surface area contributed by atoms with Gasteiger partial charge in [-0.15, -0.1) is 5.06 Å². The molecular weight excluding hydrogens is 214 g/mol. The lowest BCUT2D eigenvalue weighted by Gasteiger charge is -2.32. The molecule has 0 amide bonds. The van der Waals surface area contributed by atoms with Gasteiger partial charge in [-0.25, -0.2) is 9.59 Å². The molecule has 2 aliphatic rings. The van der Waals surface area contributed by atoms with E-state index in [4.69, 9.17) is 14.7 Å². The van der Waals surface area contributed by atoms with E-state index in [1.54, 1.807) is 0 Å². The number of aliphatic carboxylic acids is 1. The van der Waals surface area contributed by atoms with Crippen LogP contribution < -0.4 is 0 Å². The molecule has 1 atom stereocenters. The summed E-state index contributed by atoms with van der Waals surface area (Å²) in [6.45, 7) is 2.62. The van der Waals surface area contributed by atoms with Crippen LogP contribution >= 0.6 is 0 Å². The fraction of sp³-hybridized carbons (Fsp3) is 0.800. The Bertz CT molecular complexity index is 298. The molecule has 0 bridgehead atoms. The molecule has 1 N–H and O–H groups in total. The van der Waals surface area contributed by atoms with Crippen molar-refractivity contribution in [2.75, 3.05) is 26.3 Å². The highest BCUT2D eigenvalue weighted by atomic mass is 16.7. The van der Waals surface area contributed by atoms with Gasteiger partial charge in [0.1, 0.15) is 0 Å². The van der Waals surface area contributed by atoms with E-state index in [0.717, 1.165) is 25.9 Å². The number of hydroxylamine groups is 2. The van der Waals surface area contributed by atoms with Crippen molar-refractivity contribution in [2.24, 2.45) is 5.41 Å². The van der Waals surface area contributed by atoms with Crippen LogP contribution in [-0.2, 0) is 19.2 Å². The summed E-state index contributed by atoms with van der Waals surface area (Å²) in [5, 5.41) is 9.85. The lowest BCUT2D eigenvalue weighted by molar-refractivity contribution is -0.196. The normalized spacial score (nSPS) is 30.5. The number of rotatable bonds is 1. The quantitative estimate of drug-likeness (QED) is 0.639. The maximum Gasteiger partial charge on any atom is 0.436 e. The number of carbonyl (C=O) groups excluding carboxylic acids is 1. The van der Waals surface area contributed by atoms with Crippen LogP contribution in [0.4, 0.5) is 0 Å². The zero-order valence-electron chi connectivity index (χ0n) is 8.98. The highest BCUT2D eigenvalue weighted by Crippen LogP contribution is 2.37. The van der Waals surface area contributed by atoms with Crippen LogP contribution in [0.2, 0.25) is 0 Å². The van der Waals surface area contributed by atoms with Crippen LogP contribution in [-0.4, -0.2) is 48.4 Å². The molecule has 0 aromatic rings. The van der Waals surface area contributed by atoms with E-state index in [-0.39, 0.29) is 5.41 Å². The van der Waals surface area contributed by atoms with Crippen LogP contribution in [0, 0.1) is 5.41 Å². The molecule has 2 aliphatic heterocycles. The third-order valence-corrected chi connectivity index (χ3v) is 3.19. The van der Waals surface area contributed by atoms with Crippen molar-refractivity contribution in [3.63, 3.8) is 0 Å². The second-order valence-corrected chi connectivity index (χ2v) is 4.45. The summed E-state index contributed by atoms with van der Waals surface area (Å²) in [5.41, 5.74) is 0.0526. The zero-order chi connectivity index (χ0) is 11.6. The van der Waals surface area contributed by atoms with Crippen molar-refractivity contribution in [3.8, 4) is 0 Å². The van der Waals surface area contributed by atoms with E-state index in [0.29, 0.717) is 19.7 Å². The van der Waals surface area contributed by atoms with E-state index in [9.17, 15) is 9.59 Å². The summed E-state index contributed by atoms with van der Waals surface area (Å²) >= 11 is 0. The maximum atomic E-state index is 10.9. The molecule has 0 aromatic heterocycles. The monoisotopic (exact) mass is 229 g/mol. The van der Waals surface area contributed by atoms with Crippen LogP contribution in [0.3, 0.4) is 0 Å². The van der Waals surface area contributed by atoms with Gasteiger partial charge in [0.2, 0.25) is 0 Å². The van der Waals surface area contributed by atoms with Crippen molar-refractivity contribution in [1.29, 1.82) is 0 Å². The molecule has 2 saturated heterocycles. The second kappa shape index (κ2) is 4.39. The van der Waals surface area contributed by atoms with Gasteiger partial charge in [0.25, 0.3) is 0 Å². The number of carboxylic acids is 1. The molecule has 16 heavy (non-hydrogen) atoms. The molecule has 6 nitrogen and oxygen atoms in total. The molecule has 90 valence electrons. The Balaban J connectivity index is 1.87. The third-order valence-electron chi connectivity index (χ3n) is 3.19. The third kappa shape index (κ3) is 2.33. The number of hydrogen-bond acceptors (Lipinski definition) is 5. The molecule has 1 spiro atoms. The minimum absolute atomic E-state index is 0.0526. The molecule has 2 fully saturated rings. The number of carboxylic acid groups (broad SMARTS) is 1. The summed E-state index contributed by atoms with van der Waals surface area (Å²) in [5.74, 6) is -2.77. The van der Waals surface area contributed by atoms with E-state index < -0.39 is 11.9 Å². The number of carbonyl (C=O) groups is 2. The zero-order valence-corrected chi connectivity index (χ0v) is 8.98. The minimum atomic E-state index is -1.55. The predicted octanol–water partition coefficient (Wildman–Crippen LogP) is 0.0317. The average Bonchev–Trinajstić information content (AvgIpc) is 2.62. The first-order chi connectivity index (χ1) is 7.61. The van der Waals surface area contributed by atoms with Crippen molar-refractivity contribution in [2.45, 2.75) is 19.3 Å². The van der Waals surface area contributed by atoms with E-state index in [1.807, 2.05) is 0 Å². The molecule has 0 saturated carbocycles. The van der Waals surface area contributed by atoms with Gasteiger partial charge < -0.3 is 14.7 Å². The van der Waals surface area contributed by atoms with E-state index in [2.05, 4.69) is 0 Å². The SMILES string of the molecule is O=C(O)C(=O)ON1CC[C@]2(CCCOC2)C1. The summed E-state index contributed by atoms with van der Waals surface area (Å²) in [4.78, 5) is 25.9. The van der Waals surface area contributed by atoms with Gasteiger partial charge in [0, 0.05) is 25.1 Å². The van der Waals surface area contributed by atoms with Gasteiger partial charge in [-0.05, 0) is 19.3 Å². The van der Waals surface area contributed by atoms with Gasteiger partial charge in [0.05, 0.1) is 6.61 Å². The molecule has 2 heterocycles. The van der Waals surface area contributed by atoms with Crippen molar-refractivity contribution >= 4 is 11.9 Å². The second-order valence-electron chi connectivity index (χ2n) is 4.45. The Morgan fingerprint density at radius 1 is 1.38 bits per heavy atom. The molecule has 0 unspecified atom stereocenters. The van der Waals surface area contributed by atoms with Crippen LogP contribution in [0.15, 0.2) is 0 Å². The fourth-order valence-corrected chi connectivity index (χ4v) is 2.36. The predicted molar refractivity (Wildman–Crippen MR) is 52.4 cm³/mol. The highest BCUT2D eigenvalue weighted by Gasteiger charge is 2.41. The lowest BCUT2D eigenvalue weighted by Crippen LogP contribution is -2.36. The average molecular weight is 229 g/mol. The van der Waals surface area contributed by atoms with E-state index >= 15 is 0 Å². The Morgan fingerprint density at radius 3 is 2.81 bits per heavy atom. The molecule has 2 rings (SSSR count). The van der Waals surface area contributed by atoms with Crippen LogP contribution in [0.25, 0.3) is 0 Å². The molecular formula is C10H15NO5. The minimum Gasteiger partial charge on any atom is -0.473 e. The molecule has 0 aromatic carbocycles. The maximum absolute atomic E-state index is 10.9. The summed E-state index contributed by atoms with van der Waals surface area (Å²) < 4.78 is 5.42. The first-order valence-corrected chi connectivity index (χ1v) is 5.39. The van der Waals surface area contributed by atoms with Crippen LogP contribution in [0.5, 0.6) is 0 Å². The molecule has 6 heteroatoms. The molecule has 0 radical (unpaired) electrons. The Labute approximate surface area is 93.1 Å². The van der Waals surface area contributed by atoms with Gasteiger partial charge in [0.15, 0.2) is 0 Å². The largest absolute Gasteiger partial charge is 0.473 e. The Morgan fingerprint density at radius 2 is 2.19 bits per heavy atom. The topological polar surface area (TPSA) is 76.1 Å². The highest BCUT2D eigenvalue weighted by molar-refractivity contribution is 6.28. The van der Waals surface area contributed by atoms with Crippen molar-refractivity contribution in [3.05, 3.63) is 0 Å². The smallest absolute Gasteiger partial charge is 0.436 e. The number of hydrogen-bond donors (Lipinski definition) is 1. The van der Waals surface area contributed by atoms with Gasteiger partial charge in [-0.3, -0.25) is 0 Å². The fourth-order valence-electron chi connectivity index (χ4n) is 2.36.